The minimum Gasteiger partial charge on any atom is -0.489 e. The van der Waals surface area contributed by atoms with Crippen molar-refractivity contribution in [3.63, 3.8) is 0 Å². The number of hydrogen-bond donors (Lipinski definition) is 1. The number of fused-ring (bicyclic) bond motifs is 1. The zero-order valence-electron chi connectivity index (χ0n) is 16.0. The van der Waals surface area contributed by atoms with E-state index in [0.29, 0.717) is 42.4 Å². The molecule has 0 aliphatic rings. The van der Waals surface area contributed by atoms with Crippen LogP contribution in [0.25, 0.3) is 11.0 Å². The fraction of sp³-hybridized carbons (Fsp3) is 0.429. The normalized spacial score (nSPS) is 11.0. The van der Waals surface area contributed by atoms with E-state index in [0.717, 1.165) is 16.5 Å². The highest BCUT2D eigenvalue weighted by atomic mass is 16.5. The lowest BCUT2D eigenvalue weighted by Crippen LogP contribution is -2.28. The van der Waals surface area contributed by atoms with Crippen LogP contribution in [0.2, 0.25) is 0 Å². The zero-order chi connectivity index (χ0) is 19.3. The van der Waals surface area contributed by atoms with E-state index in [1.165, 1.54) is 0 Å². The van der Waals surface area contributed by atoms with Crippen molar-refractivity contribution in [3.05, 3.63) is 51.9 Å². The van der Waals surface area contributed by atoms with Gasteiger partial charge in [0, 0.05) is 30.0 Å². The Kier molecular flexibility index (Phi) is 6.61. The molecule has 2 rings (SSSR count). The molecule has 5 heteroatoms. The van der Waals surface area contributed by atoms with E-state index in [1.807, 2.05) is 39.8 Å². The van der Waals surface area contributed by atoms with Gasteiger partial charge >= 0.3 is 5.63 Å². The summed E-state index contributed by atoms with van der Waals surface area (Å²) in [5, 5.41) is 3.72. The Labute approximate surface area is 154 Å². The first-order valence-electron chi connectivity index (χ1n) is 8.88. The van der Waals surface area contributed by atoms with Crippen molar-refractivity contribution in [2.24, 2.45) is 5.92 Å². The lowest BCUT2D eigenvalue weighted by molar-refractivity contribution is -0.121. The molecule has 0 unspecified atom stereocenters. The summed E-state index contributed by atoms with van der Waals surface area (Å²) in [6.45, 7) is 12.7. The number of amides is 1. The molecule has 0 spiro atoms. The Hall–Kier alpha value is -2.56. The summed E-state index contributed by atoms with van der Waals surface area (Å²) < 4.78 is 11.1. The number of ether oxygens (including phenoxy) is 1. The average Bonchev–Trinajstić information content (AvgIpc) is 2.57. The first-order valence-corrected chi connectivity index (χ1v) is 8.88. The quantitative estimate of drug-likeness (QED) is 0.577. The molecule has 5 nitrogen and oxygen atoms in total. The van der Waals surface area contributed by atoms with Crippen LogP contribution in [0.5, 0.6) is 5.75 Å². The maximum atomic E-state index is 12.4. The minimum atomic E-state index is -0.399. The second kappa shape index (κ2) is 8.70. The molecule has 0 saturated carbocycles. The number of hydrogen-bond acceptors (Lipinski definition) is 4. The van der Waals surface area contributed by atoms with E-state index in [1.54, 1.807) is 6.07 Å². The van der Waals surface area contributed by atoms with Crippen LogP contribution in [0.1, 0.15) is 38.3 Å². The number of carbonyl (C=O) groups is 1. The van der Waals surface area contributed by atoms with Crippen LogP contribution in [-0.2, 0) is 11.2 Å². The molecule has 0 aliphatic heterocycles. The second-order valence-electron chi connectivity index (χ2n) is 7.09. The van der Waals surface area contributed by atoms with E-state index >= 15 is 0 Å². The van der Waals surface area contributed by atoms with Gasteiger partial charge in [-0.1, -0.05) is 20.4 Å². The molecule has 0 radical (unpaired) electrons. The summed E-state index contributed by atoms with van der Waals surface area (Å²) in [4.78, 5) is 24.3. The molecule has 1 aromatic heterocycles. The lowest BCUT2D eigenvalue weighted by atomic mass is 10.0. The van der Waals surface area contributed by atoms with Gasteiger partial charge in [0.15, 0.2) is 0 Å². The Morgan fingerprint density at radius 2 is 2.08 bits per heavy atom. The fourth-order valence-electron chi connectivity index (χ4n) is 2.60. The van der Waals surface area contributed by atoms with E-state index in [9.17, 15) is 9.59 Å². The monoisotopic (exact) mass is 357 g/mol. The third kappa shape index (κ3) is 5.22. The van der Waals surface area contributed by atoms with E-state index < -0.39 is 5.63 Å². The fourth-order valence-corrected chi connectivity index (χ4v) is 2.60. The first kappa shape index (κ1) is 19.8. The van der Waals surface area contributed by atoms with Crippen LogP contribution in [0.15, 0.2) is 39.6 Å². The minimum absolute atomic E-state index is 0.0545. The predicted molar refractivity (Wildman–Crippen MR) is 104 cm³/mol. The van der Waals surface area contributed by atoms with Crippen LogP contribution in [-0.4, -0.2) is 19.1 Å². The molecule has 0 bridgehead atoms. The number of nitrogens with one attached hydrogen (secondary N) is 1. The van der Waals surface area contributed by atoms with Crippen molar-refractivity contribution in [2.75, 3.05) is 13.2 Å². The van der Waals surface area contributed by atoms with Crippen molar-refractivity contribution in [2.45, 2.75) is 40.5 Å². The standard InChI is InChI=1S/C21H27NO4/c1-13(2)11-22-20(23)9-8-18-15(5)17-7-6-16(25-12-14(3)4)10-19(17)26-21(18)24/h6-7,10,13H,3,8-9,11-12H2,1-2,4-5H3,(H,22,23). The number of rotatable bonds is 8. The van der Waals surface area contributed by atoms with Crippen molar-refractivity contribution in [1.29, 1.82) is 0 Å². The Bertz CT molecular complexity index is 864. The van der Waals surface area contributed by atoms with Crippen LogP contribution >= 0.6 is 0 Å². The molecule has 1 aromatic carbocycles. The summed E-state index contributed by atoms with van der Waals surface area (Å²) in [6.07, 6.45) is 0.631. The molecule has 1 amide bonds. The first-order chi connectivity index (χ1) is 12.3. The highest BCUT2D eigenvalue weighted by Crippen LogP contribution is 2.25. The maximum absolute atomic E-state index is 12.4. The third-order valence-electron chi connectivity index (χ3n) is 4.05. The van der Waals surface area contributed by atoms with Gasteiger partial charge in [-0.2, -0.15) is 0 Å². The molecule has 1 N–H and O–H groups in total. The average molecular weight is 357 g/mol. The van der Waals surface area contributed by atoms with Crippen LogP contribution in [0.3, 0.4) is 0 Å². The van der Waals surface area contributed by atoms with E-state index in [4.69, 9.17) is 9.15 Å². The topological polar surface area (TPSA) is 68.5 Å². The maximum Gasteiger partial charge on any atom is 0.339 e. The van der Waals surface area contributed by atoms with Crippen molar-refractivity contribution in [3.8, 4) is 5.75 Å². The smallest absolute Gasteiger partial charge is 0.339 e. The molecule has 0 saturated heterocycles. The van der Waals surface area contributed by atoms with E-state index in [2.05, 4.69) is 11.9 Å². The SMILES string of the molecule is C=C(C)COc1ccc2c(C)c(CCC(=O)NCC(C)C)c(=O)oc2c1. The Morgan fingerprint density at radius 1 is 1.35 bits per heavy atom. The second-order valence-corrected chi connectivity index (χ2v) is 7.09. The molecule has 140 valence electrons. The molecule has 2 aromatic rings. The molecule has 26 heavy (non-hydrogen) atoms. The van der Waals surface area contributed by atoms with Gasteiger partial charge in [-0.15, -0.1) is 0 Å². The van der Waals surface area contributed by atoms with Crippen LogP contribution in [0, 0.1) is 12.8 Å². The highest BCUT2D eigenvalue weighted by molar-refractivity contribution is 5.82. The largest absolute Gasteiger partial charge is 0.489 e. The summed E-state index contributed by atoms with van der Waals surface area (Å²) in [6, 6.07) is 5.44. The summed E-state index contributed by atoms with van der Waals surface area (Å²) in [5.41, 5.74) is 2.39. The number of carbonyl (C=O) groups excluding carboxylic acids is 1. The van der Waals surface area contributed by atoms with Gasteiger partial charge in [0.2, 0.25) is 5.91 Å². The molecule has 0 fully saturated rings. The molecular formula is C21H27NO4. The molecule has 1 heterocycles. The summed E-state index contributed by atoms with van der Waals surface area (Å²) in [7, 11) is 0. The number of aryl methyl sites for hydroxylation is 1. The van der Waals surface area contributed by atoms with Gasteiger partial charge in [0.25, 0.3) is 0 Å². The van der Waals surface area contributed by atoms with Crippen molar-refractivity contribution >= 4 is 16.9 Å². The number of benzene rings is 1. The van der Waals surface area contributed by atoms with Gasteiger partial charge in [-0.05, 0) is 49.5 Å². The lowest BCUT2D eigenvalue weighted by Gasteiger charge is -2.11. The molecule has 0 aliphatic carbocycles. The van der Waals surface area contributed by atoms with E-state index in [-0.39, 0.29) is 12.3 Å². The third-order valence-corrected chi connectivity index (χ3v) is 4.05. The van der Waals surface area contributed by atoms with Crippen LogP contribution < -0.4 is 15.7 Å². The summed E-state index contributed by atoms with van der Waals surface area (Å²) >= 11 is 0. The highest BCUT2D eigenvalue weighted by Gasteiger charge is 2.14. The predicted octanol–water partition coefficient (Wildman–Crippen LogP) is 3.76. The van der Waals surface area contributed by atoms with Gasteiger partial charge in [0.05, 0.1) is 0 Å². The Morgan fingerprint density at radius 3 is 2.73 bits per heavy atom. The molecule has 0 atom stereocenters. The van der Waals surface area contributed by atoms with Gasteiger partial charge in [-0.3, -0.25) is 4.79 Å². The Balaban J connectivity index is 2.18. The van der Waals surface area contributed by atoms with Crippen molar-refractivity contribution in [1.82, 2.24) is 5.32 Å². The van der Waals surface area contributed by atoms with Gasteiger partial charge < -0.3 is 14.5 Å². The van der Waals surface area contributed by atoms with Crippen LogP contribution in [0.4, 0.5) is 0 Å². The molecular weight excluding hydrogens is 330 g/mol. The zero-order valence-corrected chi connectivity index (χ0v) is 16.0. The van der Waals surface area contributed by atoms with Gasteiger partial charge in [0.1, 0.15) is 17.9 Å². The summed E-state index contributed by atoms with van der Waals surface area (Å²) in [5.74, 6) is 0.970. The van der Waals surface area contributed by atoms with Gasteiger partial charge in [-0.25, -0.2) is 4.79 Å². The van der Waals surface area contributed by atoms with Crippen molar-refractivity contribution < 1.29 is 13.9 Å².